The molecule has 7 heteroatoms. The number of halogens is 1. The van der Waals surface area contributed by atoms with E-state index < -0.39 is 10.0 Å². The third-order valence-electron chi connectivity index (χ3n) is 4.03. The van der Waals surface area contributed by atoms with Crippen LogP contribution in [0.15, 0.2) is 48.5 Å². The molecule has 0 bridgehead atoms. The van der Waals surface area contributed by atoms with Crippen LogP contribution in [-0.4, -0.2) is 27.1 Å². The van der Waals surface area contributed by atoms with Gasteiger partial charge in [0.2, 0.25) is 15.9 Å². The molecule has 140 valence electrons. The number of rotatable bonds is 7. The molecule has 0 aliphatic carbocycles. The molecule has 0 fully saturated rings. The Morgan fingerprint density at radius 1 is 1.15 bits per heavy atom. The molecular weight excluding hydrogens is 372 g/mol. The maximum Gasteiger partial charge on any atom is 0.241 e. The van der Waals surface area contributed by atoms with Gasteiger partial charge in [-0.3, -0.25) is 9.10 Å². The number of sulfonamides is 1. The van der Waals surface area contributed by atoms with E-state index in [-0.39, 0.29) is 29.2 Å². The standard InChI is InChI=1S/C19H23ClN2O3S/c1-4-17(15-11-9-14(2)10-12-15)21-19(23)13-22(26(3,24)25)18-8-6-5-7-16(18)20/h5-12,17H,4,13H2,1-3H3,(H,21,23). The molecule has 0 saturated heterocycles. The van der Waals surface area contributed by atoms with Gasteiger partial charge in [-0.25, -0.2) is 8.42 Å². The normalized spacial score (nSPS) is 12.5. The van der Waals surface area contributed by atoms with Crippen LogP contribution < -0.4 is 9.62 Å². The van der Waals surface area contributed by atoms with Crippen molar-refractivity contribution in [2.75, 3.05) is 17.1 Å². The third-order valence-corrected chi connectivity index (χ3v) is 5.48. The van der Waals surface area contributed by atoms with Gasteiger partial charge in [-0.15, -0.1) is 0 Å². The molecule has 0 saturated carbocycles. The van der Waals surface area contributed by atoms with Crippen LogP contribution >= 0.6 is 11.6 Å². The van der Waals surface area contributed by atoms with Crippen molar-refractivity contribution in [1.82, 2.24) is 5.32 Å². The van der Waals surface area contributed by atoms with Crippen LogP contribution in [0.2, 0.25) is 5.02 Å². The molecule has 5 nitrogen and oxygen atoms in total. The molecule has 2 rings (SSSR count). The van der Waals surface area contributed by atoms with Crippen LogP contribution in [0.3, 0.4) is 0 Å². The Morgan fingerprint density at radius 2 is 1.77 bits per heavy atom. The summed E-state index contributed by atoms with van der Waals surface area (Å²) in [5.74, 6) is -0.386. The van der Waals surface area contributed by atoms with Gasteiger partial charge in [0.25, 0.3) is 0 Å². The van der Waals surface area contributed by atoms with Crippen molar-refractivity contribution in [2.24, 2.45) is 0 Å². The number of anilines is 1. The summed E-state index contributed by atoms with van der Waals surface area (Å²) in [6, 6.07) is 14.3. The Hall–Kier alpha value is -2.05. The number of nitrogens with one attached hydrogen (secondary N) is 1. The Kier molecular flexibility index (Phi) is 6.67. The summed E-state index contributed by atoms with van der Waals surface area (Å²) in [5, 5.41) is 3.18. The first kappa shape index (κ1) is 20.3. The maximum atomic E-state index is 12.5. The fourth-order valence-corrected chi connectivity index (χ4v) is 3.78. The van der Waals surface area contributed by atoms with Gasteiger partial charge in [-0.05, 0) is 31.0 Å². The fourth-order valence-electron chi connectivity index (χ4n) is 2.63. The van der Waals surface area contributed by atoms with E-state index in [1.807, 2.05) is 38.1 Å². The van der Waals surface area contributed by atoms with E-state index in [9.17, 15) is 13.2 Å². The zero-order chi connectivity index (χ0) is 19.3. The first-order chi connectivity index (χ1) is 12.2. The predicted octanol–water partition coefficient (Wildman–Crippen LogP) is 3.68. The first-order valence-corrected chi connectivity index (χ1v) is 10.5. The van der Waals surface area contributed by atoms with Gasteiger partial charge in [0.15, 0.2) is 0 Å². The van der Waals surface area contributed by atoms with Crippen LogP contribution in [0.25, 0.3) is 0 Å². The third kappa shape index (κ3) is 5.22. The minimum Gasteiger partial charge on any atom is -0.348 e. The van der Waals surface area contributed by atoms with E-state index in [1.165, 1.54) is 0 Å². The van der Waals surface area contributed by atoms with Crippen LogP contribution in [0.5, 0.6) is 0 Å². The highest BCUT2D eigenvalue weighted by atomic mass is 35.5. The number of nitrogens with zero attached hydrogens (tertiary/aromatic N) is 1. The van der Waals surface area contributed by atoms with Crippen LogP contribution in [0.1, 0.15) is 30.5 Å². The summed E-state index contributed by atoms with van der Waals surface area (Å²) in [5.41, 5.74) is 2.40. The van der Waals surface area contributed by atoms with Gasteiger partial charge >= 0.3 is 0 Å². The lowest BCUT2D eigenvalue weighted by atomic mass is 10.0. The van der Waals surface area contributed by atoms with Crippen molar-refractivity contribution >= 4 is 33.2 Å². The summed E-state index contributed by atoms with van der Waals surface area (Å²) < 4.78 is 25.4. The summed E-state index contributed by atoms with van der Waals surface area (Å²) in [6.45, 7) is 3.63. The van der Waals surface area contributed by atoms with Gasteiger partial charge in [-0.2, -0.15) is 0 Å². The highest BCUT2D eigenvalue weighted by molar-refractivity contribution is 7.92. The number of para-hydroxylation sites is 1. The van der Waals surface area contributed by atoms with Crippen LogP contribution in [-0.2, 0) is 14.8 Å². The number of aryl methyl sites for hydroxylation is 1. The molecule has 1 N–H and O–H groups in total. The van der Waals surface area contributed by atoms with Gasteiger partial charge < -0.3 is 5.32 Å². The summed E-state index contributed by atoms with van der Waals surface area (Å²) in [4.78, 5) is 12.5. The summed E-state index contributed by atoms with van der Waals surface area (Å²) in [7, 11) is -3.66. The Balaban J connectivity index is 2.19. The molecule has 0 radical (unpaired) electrons. The lowest BCUT2D eigenvalue weighted by Gasteiger charge is -2.24. The lowest BCUT2D eigenvalue weighted by Crippen LogP contribution is -2.41. The van der Waals surface area contributed by atoms with E-state index in [0.29, 0.717) is 6.42 Å². The number of benzene rings is 2. The molecule has 2 aromatic carbocycles. The SMILES string of the molecule is CCC(NC(=O)CN(c1ccccc1Cl)S(C)(=O)=O)c1ccc(C)cc1. The molecule has 2 aromatic rings. The van der Waals surface area contributed by atoms with Crippen molar-refractivity contribution in [1.29, 1.82) is 0 Å². The highest BCUT2D eigenvalue weighted by Crippen LogP contribution is 2.27. The number of hydrogen-bond donors (Lipinski definition) is 1. The van der Waals surface area contributed by atoms with E-state index in [0.717, 1.165) is 21.7 Å². The summed E-state index contributed by atoms with van der Waals surface area (Å²) in [6.07, 6.45) is 1.75. The van der Waals surface area contributed by atoms with Crippen molar-refractivity contribution < 1.29 is 13.2 Å². The smallest absolute Gasteiger partial charge is 0.241 e. The zero-order valence-corrected chi connectivity index (χ0v) is 16.6. The molecule has 1 unspecified atom stereocenters. The fraction of sp³-hybridized carbons (Fsp3) is 0.316. The second-order valence-electron chi connectivity index (χ2n) is 6.16. The molecule has 1 atom stereocenters. The number of carbonyl (C=O) groups excluding carboxylic acids is 1. The highest BCUT2D eigenvalue weighted by Gasteiger charge is 2.24. The van der Waals surface area contributed by atoms with Gasteiger partial charge in [-0.1, -0.05) is 60.5 Å². The second kappa shape index (κ2) is 8.56. The Morgan fingerprint density at radius 3 is 2.31 bits per heavy atom. The van der Waals surface area contributed by atoms with Crippen LogP contribution in [0, 0.1) is 6.92 Å². The molecule has 0 aliphatic heterocycles. The van der Waals surface area contributed by atoms with E-state index in [1.54, 1.807) is 24.3 Å². The molecule has 0 aromatic heterocycles. The lowest BCUT2D eigenvalue weighted by molar-refractivity contribution is -0.120. The largest absolute Gasteiger partial charge is 0.348 e. The second-order valence-corrected chi connectivity index (χ2v) is 8.47. The van der Waals surface area contributed by atoms with Gasteiger partial charge in [0.1, 0.15) is 6.54 Å². The number of amides is 1. The molecule has 0 aliphatic rings. The van der Waals surface area contributed by atoms with Crippen molar-refractivity contribution in [3.8, 4) is 0 Å². The van der Waals surface area contributed by atoms with Gasteiger partial charge in [0, 0.05) is 0 Å². The molecule has 0 heterocycles. The van der Waals surface area contributed by atoms with Crippen molar-refractivity contribution in [2.45, 2.75) is 26.3 Å². The van der Waals surface area contributed by atoms with Crippen molar-refractivity contribution in [3.05, 3.63) is 64.7 Å². The number of carbonyl (C=O) groups is 1. The molecule has 0 spiro atoms. The maximum absolute atomic E-state index is 12.5. The van der Waals surface area contributed by atoms with E-state index >= 15 is 0 Å². The van der Waals surface area contributed by atoms with Gasteiger partial charge in [0.05, 0.1) is 23.0 Å². The quantitative estimate of drug-likeness (QED) is 0.778. The average Bonchev–Trinajstić information content (AvgIpc) is 2.58. The zero-order valence-electron chi connectivity index (χ0n) is 15.1. The number of hydrogen-bond acceptors (Lipinski definition) is 3. The Bertz CT molecular complexity index is 867. The van der Waals surface area contributed by atoms with Crippen molar-refractivity contribution in [3.63, 3.8) is 0 Å². The van der Waals surface area contributed by atoms with E-state index in [2.05, 4.69) is 5.32 Å². The predicted molar refractivity (Wildman–Crippen MR) is 106 cm³/mol. The molecular formula is C19H23ClN2O3S. The topological polar surface area (TPSA) is 66.5 Å². The first-order valence-electron chi connectivity index (χ1n) is 8.30. The molecule has 1 amide bonds. The average molecular weight is 395 g/mol. The Labute approximate surface area is 160 Å². The summed E-state index contributed by atoms with van der Waals surface area (Å²) >= 11 is 6.11. The molecule has 26 heavy (non-hydrogen) atoms. The van der Waals surface area contributed by atoms with E-state index in [4.69, 9.17) is 11.6 Å². The minimum absolute atomic E-state index is 0.184. The van der Waals surface area contributed by atoms with Crippen LogP contribution in [0.4, 0.5) is 5.69 Å². The minimum atomic E-state index is -3.66. The monoisotopic (exact) mass is 394 g/mol.